The summed E-state index contributed by atoms with van der Waals surface area (Å²) in [6.07, 6.45) is 4.70. The Hall–Kier alpha value is -1.92. The zero-order valence-corrected chi connectivity index (χ0v) is 14.3. The molecule has 0 fully saturated rings. The molecule has 0 amide bonds. The summed E-state index contributed by atoms with van der Waals surface area (Å²) in [7, 11) is -3.68. The van der Waals surface area contributed by atoms with E-state index in [1.165, 1.54) is 10.4 Å². The number of cyclic esters (lactones) is 1. The van der Waals surface area contributed by atoms with Crippen molar-refractivity contribution in [2.75, 3.05) is 13.2 Å². The van der Waals surface area contributed by atoms with Gasteiger partial charge in [0.05, 0.1) is 10.9 Å². The van der Waals surface area contributed by atoms with Crippen LogP contribution in [0.4, 0.5) is 0 Å². The molecule has 0 aromatic heterocycles. The molecule has 1 atom stereocenters. The predicted octanol–water partition coefficient (Wildman–Crippen LogP) is 2.43. The lowest BCUT2D eigenvalue weighted by molar-refractivity contribution is -0.139. The summed E-state index contributed by atoms with van der Waals surface area (Å²) in [5, 5.41) is 0. The highest BCUT2D eigenvalue weighted by Gasteiger charge is 2.31. The molecule has 5 nitrogen and oxygen atoms in total. The first-order chi connectivity index (χ1) is 10.8. The Morgan fingerprint density at radius 2 is 1.96 bits per heavy atom. The molecule has 1 aliphatic heterocycles. The highest BCUT2D eigenvalue weighted by atomic mass is 32.2. The number of aryl methyl sites for hydroxylation is 1. The lowest BCUT2D eigenvalue weighted by Crippen LogP contribution is -2.43. The van der Waals surface area contributed by atoms with Gasteiger partial charge in [0.25, 0.3) is 0 Å². The number of rotatable bonds is 5. The molecule has 1 aliphatic rings. The lowest BCUT2D eigenvalue weighted by Gasteiger charge is -2.29. The van der Waals surface area contributed by atoms with Gasteiger partial charge >= 0.3 is 5.97 Å². The number of ether oxygens (including phenoxy) is 1. The molecular weight excluding hydrogens is 314 g/mol. The van der Waals surface area contributed by atoms with Gasteiger partial charge in [-0.05, 0) is 32.9 Å². The van der Waals surface area contributed by atoms with Crippen molar-refractivity contribution < 1.29 is 17.9 Å². The number of carbonyl (C=O) groups is 1. The molecule has 0 N–H and O–H groups in total. The minimum absolute atomic E-state index is 0.0248. The number of esters is 1. The number of nitrogens with zero attached hydrogens (tertiary/aromatic N) is 1. The molecular formula is C17H21NO4S. The maximum absolute atomic E-state index is 13.0. The van der Waals surface area contributed by atoms with E-state index >= 15 is 0 Å². The Bertz CT molecular complexity index is 728. The van der Waals surface area contributed by atoms with Crippen LogP contribution in [0.25, 0.3) is 0 Å². The van der Waals surface area contributed by atoms with Crippen LogP contribution in [0, 0.1) is 6.92 Å². The summed E-state index contributed by atoms with van der Waals surface area (Å²) in [5.74, 6) is -0.448. The Morgan fingerprint density at radius 1 is 1.30 bits per heavy atom. The Kier molecular flexibility index (Phi) is 5.38. The second-order valence-corrected chi connectivity index (χ2v) is 7.62. The van der Waals surface area contributed by atoms with Crippen molar-refractivity contribution in [1.82, 2.24) is 4.31 Å². The van der Waals surface area contributed by atoms with E-state index in [4.69, 9.17) is 4.74 Å². The zero-order chi connectivity index (χ0) is 17.0. The average molecular weight is 335 g/mol. The molecule has 0 aliphatic carbocycles. The van der Waals surface area contributed by atoms with E-state index in [0.717, 1.165) is 11.1 Å². The Labute approximate surface area is 137 Å². The van der Waals surface area contributed by atoms with Crippen LogP contribution >= 0.6 is 0 Å². The van der Waals surface area contributed by atoms with E-state index in [1.54, 1.807) is 30.3 Å². The Morgan fingerprint density at radius 3 is 2.48 bits per heavy atom. The van der Waals surface area contributed by atoms with Crippen LogP contribution < -0.4 is 0 Å². The van der Waals surface area contributed by atoms with Crippen molar-refractivity contribution in [1.29, 1.82) is 0 Å². The maximum atomic E-state index is 13.0. The highest BCUT2D eigenvalue weighted by molar-refractivity contribution is 7.89. The fraction of sp³-hybridized carbons (Fsp3) is 0.353. The van der Waals surface area contributed by atoms with Gasteiger partial charge in [-0.3, -0.25) is 0 Å². The molecule has 0 spiro atoms. The van der Waals surface area contributed by atoms with Crippen LogP contribution in [0.2, 0.25) is 0 Å². The van der Waals surface area contributed by atoms with Crippen molar-refractivity contribution in [2.24, 2.45) is 0 Å². The summed E-state index contributed by atoms with van der Waals surface area (Å²) < 4.78 is 32.2. The Balaban J connectivity index is 2.39. The highest BCUT2D eigenvalue weighted by Crippen LogP contribution is 2.21. The van der Waals surface area contributed by atoms with E-state index in [2.05, 4.69) is 0 Å². The van der Waals surface area contributed by atoms with Gasteiger partial charge in [-0.1, -0.05) is 35.4 Å². The van der Waals surface area contributed by atoms with Crippen LogP contribution in [-0.4, -0.2) is 37.9 Å². The van der Waals surface area contributed by atoms with Gasteiger partial charge in [0, 0.05) is 12.6 Å². The number of carbonyl (C=O) groups excluding carboxylic acids is 1. The summed E-state index contributed by atoms with van der Waals surface area (Å²) >= 11 is 0. The predicted molar refractivity (Wildman–Crippen MR) is 88.4 cm³/mol. The monoisotopic (exact) mass is 335 g/mol. The van der Waals surface area contributed by atoms with Crippen LogP contribution in [0.1, 0.15) is 19.4 Å². The molecule has 1 aromatic carbocycles. The number of hydrogen-bond donors (Lipinski definition) is 0. The van der Waals surface area contributed by atoms with Crippen LogP contribution in [0.5, 0.6) is 0 Å². The number of allylic oxidation sites excluding steroid dienone is 1. The van der Waals surface area contributed by atoms with Crippen molar-refractivity contribution in [3.63, 3.8) is 0 Å². The molecule has 0 unspecified atom stereocenters. The van der Waals surface area contributed by atoms with Gasteiger partial charge in [0.2, 0.25) is 10.0 Å². The first-order valence-corrected chi connectivity index (χ1v) is 8.81. The van der Waals surface area contributed by atoms with Gasteiger partial charge in [0.1, 0.15) is 6.61 Å². The smallest absolute Gasteiger partial charge is 0.330 e. The van der Waals surface area contributed by atoms with Crippen LogP contribution in [-0.2, 0) is 19.6 Å². The number of sulfonamides is 1. The fourth-order valence-corrected chi connectivity index (χ4v) is 3.68. The van der Waals surface area contributed by atoms with Crippen molar-refractivity contribution >= 4 is 16.0 Å². The van der Waals surface area contributed by atoms with Gasteiger partial charge in [-0.25, -0.2) is 13.2 Å². The average Bonchev–Trinajstić information content (AvgIpc) is 2.49. The molecule has 1 aromatic rings. The van der Waals surface area contributed by atoms with E-state index in [1.807, 2.05) is 26.8 Å². The molecule has 23 heavy (non-hydrogen) atoms. The topological polar surface area (TPSA) is 63.7 Å². The molecule has 124 valence electrons. The van der Waals surface area contributed by atoms with E-state index in [9.17, 15) is 13.2 Å². The van der Waals surface area contributed by atoms with Crippen molar-refractivity contribution in [3.05, 3.63) is 53.6 Å². The standard InChI is InChI=1S/C17H21NO4S/c1-13(2)10-11-18(15-6-9-17(19)22-12-15)23(20,21)16-7-4-14(3)5-8-16/h4-10,15H,11-12H2,1-3H3/t15-/m0/s1. The molecule has 0 bridgehead atoms. The number of benzene rings is 1. The first kappa shape index (κ1) is 17.4. The second kappa shape index (κ2) is 7.10. The largest absolute Gasteiger partial charge is 0.460 e. The van der Waals surface area contributed by atoms with Gasteiger partial charge in [0.15, 0.2) is 0 Å². The summed E-state index contributed by atoms with van der Waals surface area (Å²) in [5.41, 5.74) is 2.01. The van der Waals surface area contributed by atoms with E-state index in [-0.39, 0.29) is 18.0 Å². The molecule has 0 saturated heterocycles. The van der Waals surface area contributed by atoms with E-state index in [0.29, 0.717) is 0 Å². The van der Waals surface area contributed by atoms with Crippen molar-refractivity contribution in [3.8, 4) is 0 Å². The normalized spacial score (nSPS) is 17.9. The van der Waals surface area contributed by atoms with Gasteiger partial charge in [-0.15, -0.1) is 0 Å². The minimum Gasteiger partial charge on any atom is -0.460 e. The fourth-order valence-electron chi connectivity index (χ4n) is 2.17. The third kappa shape index (κ3) is 4.30. The quantitative estimate of drug-likeness (QED) is 0.612. The van der Waals surface area contributed by atoms with Crippen LogP contribution in [0.3, 0.4) is 0 Å². The maximum Gasteiger partial charge on any atom is 0.330 e. The minimum atomic E-state index is -3.68. The first-order valence-electron chi connectivity index (χ1n) is 7.37. The SMILES string of the molecule is CC(C)=CCN([C@H]1C=CC(=O)OC1)S(=O)(=O)c1ccc(C)cc1. The zero-order valence-electron chi connectivity index (χ0n) is 13.5. The second-order valence-electron chi connectivity index (χ2n) is 5.73. The third-order valence-corrected chi connectivity index (χ3v) is 5.43. The molecule has 0 saturated carbocycles. The number of hydrogen-bond acceptors (Lipinski definition) is 4. The van der Waals surface area contributed by atoms with Crippen LogP contribution in [0.15, 0.2) is 53.0 Å². The summed E-state index contributed by atoms with van der Waals surface area (Å²) in [6, 6.07) is 6.22. The molecule has 0 radical (unpaired) electrons. The van der Waals surface area contributed by atoms with Gasteiger partial charge < -0.3 is 4.74 Å². The third-order valence-electron chi connectivity index (χ3n) is 3.53. The summed E-state index contributed by atoms with van der Waals surface area (Å²) in [6.45, 7) is 5.98. The van der Waals surface area contributed by atoms with E-state index < -0.39 is 22.0 Å². The lowest BCUT2D eigenvalue weighted by atomic mass is 10.2. The molecule has 2 rings (SSSR count). The summed E-state index contributed by atoms with van der Waals surface area (Å²) in [4.78, 5) is 11.4. The van der Waals surface area contributed by atoms with Crippen molar-refractivity contribution in [2.45, 2.75) is 31.7 Å². The molecule has 1 heterocycles. The molecule has 6 heteroatoms. The van der Waals surface area contributed by atoms with Gasteiger partial charge in [-0.2, -0.15) is 4.31 Å².